The Morgan fingerprint density at radius 3 is 2.67 bits per heavy atom. The third-order valence-electron chi connectivity index (χ3n) is 2.62. The van der Waals surface area contributed by atoms with Gasteiger partial charge in [-0.2, -0.15) is 5.10 Å². The fraction of sp³-hybridized carbons (Fsp3) is 0.333. The number of Topliss-reactive ketones (excluding diaryl/α,β-unsaturated/α-hetero) is 1. The van der Waals surface area contributed by atoms with Crippen LogP contribution in [0.25, 0.3) is 10.9 Å². The topological polar surface area (TPSA) is 69.0 Å². The van der Waals surface area contributed by atoms with Crippen molar-refractivity contribution in [1.82, 2.24) is 9.78 Å². The second kappa shape index (κ2) is 4.53. The van der Waals surface area contributed by atoms with Crippen LogP contribution in [0.5, 0.6) is 0 Å². The maximum atomic E-state index is 11.7. The van der Waals surface area contributed by atoms with Crippen molar-refractivity contribution in [1.29, 1.82) is 0 Å². The van der Waals surface area contributed by atoms with Crippen molar-refractivity contribution in [2.45, 2.75) is 6.42 Å². The van der Waals surface area contributed by atoms with Crippen LogP contribution in [0.3, 0.4) is 0 Å². The van der Waals surface area contributed by atoms with Gasteiger partial charge in [0.2, 0.25) is 0 Å². The Labute approximate surface area is 105 Å². The van der Waals surface area contributed by atoms with E-state index in [1.807, 2.05) is 24.3 Å². The molecule has 2 aromatic rings. The van der Waals surface area contributed by atoms with Crippen LogP contribution in [0.1, 0.15) is 5.69 Å². The summed E-state index contributed by atoms with van der Waals surface area (Å²) in [7, 11) is -1.48. The number of carbonyl (C=O) groups is 1. The zero-order valence-corrected chi connectivity index (χ0v) is 11.1. The number of carbonyl (C=O) groups excluding carboxylic acids is 1. The molecule has 96 valence electrons. The second-order valence-electron chi connectivity index (χ2n) is 4.37. The van der Waals surface area contributed by atoms with Gasteiger partial charge < -0.3 is 0 Å². The average Bonchev–Trinajstić information content (AvgIpc) is 2.54. The highest BCUT2D eigenvalue weighted by Crippen LogP contribution is 2.17. The number of hydrogen-bond donors (Lipinski definition) is 0. The van der Waals surface area contributed by atoms with Gasteiger partial charge in [-0.05, 0) is 6.07 Å². The summed E-state index contributed by atoms with van der Waals surface area (Å²) in [4.78, 5) is 11.7. The molecule has 5 nitrogen and oxygen atoms in total. The van der Waals surface area contributed by atoms with Crippen molar-refractivity contribution in [3.8, 4) is 0 Å². The number of fused-ring (bicyclic) bond motifs is 1. The fourth-order valence-electron chi connectivity index (χ4n) is 1.95. The van der Waals surface area contributed by atoms with Crippen molar-refractivity contribution >= 4 is 26.5 Å². The third kappa shape index (κ3) is 2.76. The molecule has 0 fully saturated rings. The summed E-state index contributed by atoms with van der Waals surface area (Å²) in [5.41, 5.74) is 1.56. The number of hydrogen-bond acceptors (Lipinski definition) is 4. The summed E-state index contributed by atoms with van der Waals surface area (Å²) in [5.74, 6) is -0.765. The van der Waals surface area contributed by atoms with Crippen molar-refractivity contribution in [3.63, 3.8) is 0 Å². The number of sulfone groups is 1. The number of rotatable bonds is 4. The van der Waals surface area contributed by atoms with E-state index in [0.29, 0.717) is 5.69 Å². The van der Waals surface area contributed by atoms with Crippen LogP contribution in [0.2, 0.25) is 0 Å². The first-order valence-corrected chi connectivity index (χ1v) is 7.53. The molecule has 1 aromatic carbocycles. The summed E-state index contributed by atoms with van der Waals surface area (Å²) in [5, 5.41) is 5.15. The Morgan fingerprint density at radius 2 is 2.00 bits per heavy atom. The smallest absolute Gasteiger partial charge is 0.154 e. The highest BCUT2D eigenvalue weighted by atomic mass is 32.2. The summed E-state index contributed by atoms with van der Waals surface area (Å²) in [6, 6.07) is 7.55. The van der Waals surface area contributed by atoms with E-state index in [9.17, 15) is 13.2 Å². The minimum Gasteiger partial charge on any atom is -0.298 e. The van der Waals surface area contributed by atoms with E-state index in [2.05, 4.69) is 5.10 Å². The van der Waals surface area contributed by atoms with E-state index >= 15 is 0 Å². The van der Waals surface area contributed by atoms with Gasteiger partial charge in [0.15, 0.2) is 15.6 Å². The van der Waals surface area contributed by atoms with E-state index in [-0.39, 0.29) is 12.2 Å². The first-order chi connectivity index (χ1) is 8.37. The van der Waals surface area contributed by atoms with Crippen molar-refractivity contribution in [3.05, 3.63) is 30.0 Å². The third-order valence-corrected chi connectivity index (χ3v) is 3.47. The normalized spacial score (nSPS) is 11.9. The molecule has 6 heteroatoms. The molecular weight excluding hydrogens is 252 g/mol. The quantitative estimate of drug-likeness (QED) is 0.818. The number of ketones is 1. The van der Waals surface area contributed by atoms with E-state index in [0.717, 1.165) is 17.2 Å². The van der Waals surface area contributed by atoms with Crippen molar-refractivity contribution in [2.75, 3.05) is 12.0 Å². The lowest BCUT2D eigenvalue weighted by atomic mass is 10.1. The van der Waals surface area contributed by atoms with E-state index in [1.54, 1.807) is 11.7 Å². The van der Waals surface area contributed by atoms with Gasteiger partial charge in [-0.3, -0.25) is 9.48 Å². The Balaban J connectivity index is 2.30. The number of aryl methyl sites for hydroxylation is 1. The molecule has 2 rings (SSSR count). The predicted molar refractivity (Wildman–Crippen MR) is 69.1 cm³/mol. The zero-order chi connectivity index (χ0) is 13.3. The summed E-state index contributed by atoms with van der Waals surface area (Å²) < 4.78 is 23.8. The number of benzene rings is 1. The SMILES string of the molecule is Cn1nc(CC(=O)CS(C)(=O)=O)c2ccccc21. The molecular formula is C12H14N2O3S. The lowest BCUT2D eigenvalue weighted by Gasteiger charge is -1.97. The van der Waals surface area contributed by atoms with Crippen LogP contribution in [0.15, 0.2) is 24.3 Å². The monoisotopic (exact) mass is 266 g/mol. The molecule has 0 spiro atoms. The molecule has 0 unspecified atom stereocenters. The molecule has 0 atom stereocenters. The van der Waals surface area contributed by atoms with Crippen LogP contribution in [-0.4, -0.2) is 36.0 Å². The summed E-state index contributed by atoms with van der Waals surface area (Å²) >= 11 is 0. The lowest BCUT2D eigenvalue weighted by Crippen LogP contribution is -2.16. The minimum absolute atomic E-state index is 0.0500. The van der Waals surface area contributed by atoms with Gasteiger partial charge in [-0.15, -0.1) is 0 Å². The van der Waals surface area contributed by atoms with Gasteiger partial charge in [0.05, 0.1) is 17.6 Å². The average molecular weight is 266 g/mol. The van der Waals surface area contributed by atoms with Gasteiger partial charge >= 0.3 is 0 Å². The lowest BCUT2D eigenvalue weighted by molar-refractivity contribution is -0.116. The largest absolute Gasteiger partial charge is 0.298 e. The number of aromatic nitrogens is 2. The number of para-hydroxylation sites is 1. The van der Waals surface area contributed by atoms with E-state index in [4.69, 9.17) is 0 Å². The highest BCUT2D eigenvalue weighted by Gasteiger charge is 2.15. The minimum atomic E-state index is -3.27. The molecule has 0 aliphatic carbocycles. The van der Waals surface area contributed by atoms with Crippen molar-refractivity contribution < 1.29 is 13.2 Å². The summed E-state index contributed by atoms with van der Waals surface area (Å²) in [6.45, 7) is 0. The maximum absolute atomic E-state index is 11.7. The van der Waals surface area contributed by atoms with Crippen molar-refractivity contribution in [2.24, 2.45) is 7.05 Å². The zero-order valence-electron chi connectivity index (χ0n) is 10.3. The Kier molecular flexibility index (Phi) is 3.21. The molecule has 0 radical (unpaired) electrons. The van der Waals surface area contributed by atoms with E-state index < -0.39 is 15.6 Å². The van der Waals surface area contributed by atoms with Crippen LogP contribution in [0, 0.1) is 0 Å². The summed E-state index contributed by atoms with van der Waals surface area (Å²) in [6.07, 6.45) is 1.11. The Hall–Kier alpha value is -1.69. The first-order valence-electron chi connectivity index (χ1n) is 5.47. The van der Waals surface area contributed by atoms with E-state index in [1.165, 1.54) is 0 Å². The molecule has 0 N–H and O–H groups in total. The predicted octanol–water partition coefficient (Wildman–Crippen LogP) is 0.729. The van der Waals surface area contributed by atoms with Gasteiger partial charge in [-0.1, -0.05) is 18.2 Å². The van der Waals surface area contributed by atoms with Gasteiger partial charge in [-0.25, -0.2) is 8.42 Å². The molecule has 18 heavy (non-hydrogen) atoms. The van der Waals surface area contributed by atoms with Crippen LogP contribution in [0.4, 0.5) is 0 Å². The molecule has 1 heterocycles. The van der Waals surface area contributed by atoms with Gasteiger partial charge in [0, 0.05) is 18.7 Å². The Bertz CT molecular complexity index is 701. The molecule has 1 aromatic heterocycles. The molecule has 0 saturated carbocycles. The molecule has 0 bridgehead atoms. The van der Waals surface area contributed by atoms with Crippen LogP contribution >= 0.6 is 0 Å². The maximum Gasteiger partial charge on any atom is 0.154 e. The standard InChI is InChI=1S/C12H14N2O3S/c1-14-12-6-4-3-5-10(12)11(13-14)7-9(15)8-18(2,16)17/h3-6H,7-8H2,1-2H3. The second-order valence-corrected chi connectivity index (χ2v) is 6.51. The molecule has 0 aliphatic rings. The first kappa shape index (κ1) is 12.8. The Morgan fingerprint density at radius 1 is 1.33 bits per heavy atom. The van der Waals surface area contributed by atoms with Gasteiger partial charge in [0.25, 0.3) is 0 Å². The fourth-order valence-corrected chi connectivity index (χ4v) is 2.64. The molecule has 0 aliphatic heterocycles. The number of nitrogens with zero attached hydrogens (tertiary/aromatic N) is 2. The van der Waals surface area contributed by atoms with Crippen LogP contribution in [-0.2, 0) is 28.1 Å². The highest BCUT2D eigenvalue weighted by molar-refractivity contribution is 7.91. The van der Waals surface area contributed by atoms with Crippen LogP contribution < -0.4 is 0 Å². The molecule has 0 saturated heterocycles. The van der Waals surface area contributed by atoms with Gasteiger partial charge in [0.1, 0.15) is 5.75 Å². The molecule has 0 amide bonds.